The highest BCUT2D eigenvalue weighted by atomic mass is 32.1. The molecule has 0 bridgehead atoms. The molecule has 1 aliphatic rings. The van der Waals surface area contributed by atoms with Crippen LogP contribution in [0.25, 0.3) is 10.6 Å². The molecule has 1 atom stereocenters. The third kappa shape index (κ3) is 1.95. The van der Waals surface area contributed by atoms with E-state index in [0.717, 1.165) is 47.1 Å². The van der Waals surface area contributed by atoms with Crippen molar-refractivity contribution in [3.8, 4) is 16.5 Å². The first kappa shape index (κ1) is 12.6. The molecule has 2 aromatic heterocycles. The number of nitrogens with two attached hydrogens (primary N) is 1. The van der Waals surface area contributed by atoms with Gasteiger partial charge in [0, 0.05) is 18.0 Å². The number of ether oxygens (including phenoxy) is 1. The Morgan fingerprint density at radius 3 is 2.95 bits per heavy atom. The molecule has 19 heavy (non-hydrogen) atoms. The van der Waals surface area contributed by atoms with E-state index >= 15 is 0 Å². The fourth-order valence-corrected chi connectivity index (χ4v) is 3.91. The molecule has 0 radical (unpaired) electrons. The number of aryl methyl sites for hydroxylation is 3. The fourth-order valence-electron chi connectivity index (χ4n) is 2.68. The molecule has 0 fully saturated rings. The van der Waals surface area contributed by atoms with Gasteiger partial charge in [-0.15, -0.1) is 11.3 Å². The molecule has 3 rings (SSSR count). The van der Waals surface area contributed by atoms with Crippen LogP contribution in [0.3, 0.4) is 0 Å². The third-order valence-corrected chi connectivity index (χ3v) is 4.82. The van der Waals surface area contributed by atoms with E-state index < -0.39 is 0 Å². The number of hydrogen-bond donors (Lipinski definition) is 1. The van der Waals surface area contributed by atoms with Gasteiger partial charge in [0.25, 0.3) is 0 Å². The van der Waals surface area contributed by atoms with E-state index in [1.54, 1.807) is 23.1 Å². The first-order valence-corrected chi connectivity index (χ1v) is 7.26. The summed E-state index contributed by atoms with van der Waals surface area (Å²) >= 11 is 1.68. The van der Waals surface area contributed by atoms with E-state index in [1.165, 1.54) is 4.88 Å². The topological polar surface area (TPSA) is 66.0 Å². The molecular weight excluding hydrogens is 260 g/mol. The van der Waals surface area contributed by atoms with Gasteiger partial charge in [-0.05, 0) is 26.2 Å². The van der Waals surface area contributed by atoms with Crippen LogP contribution in [-0.4, -0.2) is 21.9 Å². The second-order valence-electron chi connectivity index (χ2n) is 4.92. The van der Waals surface area contributed by atoms with Gasteiger partial charge in [-0.25, -0.2) is 9.67 Å². The van der Waals surface area contributed by atoms with Crippen molar-refractivity contribution in [3.63, 3.8) is 0 Å². The number of hydrogen-bond acceptors (Lipinski definition) is 5. The van der Waals surface area contributed by atoms with Crippen LogP contribution in [0.4, 0.5) is 0 Å². The Morgan fingerprint density at radius 2 is 2.26 bits per heavy atom. The highest BCUT2D eigenvalue weighted by molar-refractivity contribution is 7.15. The van der Waals surface area contributed by atoms with Crippen LogP contribution in [0.5, 0.6) is 5.88 Å². The van der Waals surface area contributed by atoms with Crippen molar-refractivity contribution in [1.82, 2.24) is 14.8 Å². The highest BCUT2D eigenvalue weighted by Crippen LogP contribution is 2.40. The number of thiazole rings is 1. The maximum Gasteiger partial charge on any atom is 0.222 e. The summed E-state index contributed by atoms with van der Waals surface area (Å²) < 4.78 is 7.20. The van der Waals surface area contributed by atoms with Crippen molar-refractivity contribution in [3.05, 3.63) is 16.3 Å². The first-order chi connectivity index (χ1) is 9.11. The van der Waals surface area contributed by atoms with Crippen molar-refractivity contribution in [2.75, 3.05) is 7.11 Å². The van der Waals surface area contributed by atoms with Crippen molar-refractivity contribution < 1.29 is 4.74 Å². The van der Waals surface area contributed by atoms with Crippen LogP contribution < -0.4 is 10.5 Å². The standard InChI is InChI=1S/C13H18N4OS/c1-7-10(13(18-3)17(2)16-7)12-15-9-6-4-5-8(14)11(9)19-12/h8H,4-6,14H2,1-3H3. The van der Waals surface area contributed by atoms with E-state index in [0.29, 0.717) is 0 Å². The zero-order chi connectivity index (χ0) is 13.6. The summed E-state index contributed by atoms with van der Waals surface area (Å²) in [6.07, 6.45) is 3.21. The smallest absolute Gasteiger partial charge is 0.222 e. The molecule has 1 aliphatic carbocycles. The lowest BCUT2D eigenvalue weighted by atomic mass is 9.99. The molecule has 2 N–H and O–H groups in total. The number of methoxy groups -OCH3 is 1. The molecule has 5 nitrogen and oxygen atoms in total. The second kappa shape index (κ2) is 4.61. The number of fused-ring (bicyclic) bond motifs is 1. The fraction of sp³-hybridized carbons (Fsp3) is 0.538. The lowest BCUT2D eigenvalue weighted by Gasteiger charge is -2.15. The summed E-state index contributed by atoms with van der Waals surface area (Å²) in [5, 5.41) is 5.39. The monoisotopic (exact) mass is 278 g/mol. The van der Waals surface area contributed by atoms with Crippen molar-refractivity contribution in [1.29, 1.82) is 0 Å². The Labute approximate surface area is 116 Å². The molecule has 1 unspecified atom stereocenters. The molecule has 0 amide bonds. The zero-order valence-electron chi connectivity index (χ0n) is 11.4. The predicted octanol–water partition coefficient (Wildman–Crippen LogP) is 2.20. The second-order valence-corrected chi connectivity index (χ2v) is 5.95. The van der Waals surface area contributed by atoms with Crippen LogP contribution >= 0.6 is 11.3 Å². The Balaban J connectivity index is 2.13. The summed E-state index contributed by atoms with van der Waals surface area (Å²) in [6.45, 7) is 1.98. The molecule has 2 heterocycles. The largest absolute Gasteiger partial charge is 0.481 e. The van der Waals surface area contributed by atoms with Crippen LogP contribution in [-0.2, 0) is 13.5 Å². The van der Waals surface area contributed by atoms with Crippen molar-refractivity contribution in [2.24, 2.45) is 12.8 Å². The van der Waals surface area contributed by atoms with E-state index in [1.807, 2.05) is 14.0 Å². The normalized spacial score (nSPS) is 18.4. The first-order valence-electron chi connectivity index (χ1n) is 6.45. The quantitative estimate of drug-likeness (QED) is 0.914. The number of nitrogens with zero attached hydrogens (tertiary/aromatic N) is 3. The maximum atomic E-state index is 6.17. The van der Waals surface area contributed by atoms with Crippen LogP contribution in [0.15, 0.2) is 0 Å². The molecule has 0 spiro atoms. The summed E-state index contributed by atoms with van der Waals surface area (Å²) in [7, 11) is 3.55. The summed E-state index contributed by atoms with van der Waals surface area (Å²) in [6, 6.07) is 0.137. The molecule has 6 heteroatoms. The van der Waals surface area contributed by atoms with Gasteiger partial charge in [0.2, 0.25) is 5.88 Å². The lowest BCUT2D eigenvalue weighted by molar-refractivity contribution is 0.375. The van der Waals surface area contributed by atoms with E-state index in [9.17, 15) is 0 Å². The third-order valence-electron chi connectivity index (χ3n) is 3.57. The van der Waals surface area contributed by atoms with Gasteiger partial charge < -0.3 is 10.5 Å². The lowest BCUT2D eigenvalue weighted by Crippen LogP contribution is -2.15. The van der Waals surface area contributed by atoms with Gasteiger partial charge in [-0.1, -0.05) is 0 Å². The average Bonchev–Trinajstić information content (AvgIpc) is 2.90. The molecule has 0 aliphatic heterocycles. The van der Waals surface area contributed by atoms with Gasteiger partial charge in [-0.2, -0.15) is 5.10 Å². The van der Waals surface area contributed by atoms with Crippen LogP contribution in [0, 0.1) is 6.92 Å². The summed E-state index contributed by atoms with van der Waals surface area (Å²) in [5.74, 6) is 0.761. The SMILES string of the molecule is COc1c(-c2nc3c(s2)C(N)CCC3)c(C)nn1C. The average molecular weight is 278 g/mol. The summed E-state index contributed by atoms with van der Waals surface area (Å²) in [4.78, 5) is 5.99. The minimum absolute atomic E-state index is 0.137. The summed E-state index contributed by atoms with van der Waals surface area (Å²) in [5.41, 5.74) is 9.27. The van der Waals surface area contributed by atoms with Crippen LogP contribution in [0.2, 0.25) is 0 Å². The molecule has 0 aromatic carbocycles. The van der Waals surface area contributed by atoms with E-state index in [4.69, 9.17) is 15.5 Å². The zero-order valence-corrected chi connectivity index (χ0v) is 12.3. The Morgan fingerprint density at radius 1 is 1.47 bits per heavy atom. The van der Waals surface area contributed by atoms with E-state index in [-0.39, 0.29) is 6.04 Å². The van der Waals surface area contributed by atoms with Gasteiger partial charge in [-0.3, -0.25) is 0 Å². The molecule has 2 aromatic rings. The van der Waals surface area contributed by atoms with Crippen LogP contribution in [0.1, 0.15) is 35.1 Å². The molecule has 0 saturated carbocycles. The minimum atomic E-state index is 0.137. The Bertz CT molecular complexity index is 616. The number of aromatic nitrogens is 3. The Hall–Kier alpha value is -1.40. The maximum absolute atomic E-state index is 6.17. The minimum Gasteiger partial charge on any atom is -0.481 e. The van der Waals surface area contributed by atoms with Crippen molar-refractivity contribution in [2.45, 2.75) is 32.2 Å². The molecule has 0 saturated heterocycles. The highest BCUT2D eigenvalue weighted by Gasteiger charge is 2.25. The predicted molar refractivity (Wildman–Crippen MR) is 75.5 cm³/mol. The van der Waals surface area contributed by atoms with Gasteiger partial charge in [0.15, 0.2) is 0 Å². The van der Waals surface area contributed by atoms with Gasteiger partial charge in [0.1, 0.15) is 5.01 Å². The molecule has 102 valence electrons. The van der Waals surface area contributed by atoms with Gasteiger partial charge >= 0.3 is 0 Å². The van der Waals surface area contributed by atoms with Crippen molar-refractivity contribution >= 4 is 11.3 Å². The number of rotatable bonds is 2. The van der Waals surface area contributed by atoms with Gasteiger partial charge in [0.05, 0.1) is 24.1 Å². The molecular formula is C13H18N4OS. The van der Waals surface area contributed by atoms with E-state index in [2.05, 4.69) is 5.10 Å². The Kier molecular flexibility index (Phi) is 3.06.